The highest BCUT2D eigenvalue weighted by Gasteiger charge is 2.01. The van der Waals surface area contributed by atoms with E-state index in [1.54, 1.807) is 6.20 Å². The molecule has 0 aliphatic rings. The maximum absolute atomic E-state index is 5.79. The summed E-state index contributed by atoms with van der Waals surface area (Å²) in [5, 5.41) is 14.1. The van der Waals surface area contributed by atoms with E-state index in [1.807, 2.05) is 25.3 Å². The Morgan fingerprint density at radius 2 is 2.12 bits per heavy atom. The molecular formula is C17H25ClN6. The Labute approximate surface area is 148 Å². The van der Waals surface area contributed by atoms with Gasteiger partial charge in [-0.1, -0.05) is 17.7 Å². The van der Waals surface area contributed by atoms with Crippen molar-refractivity contribution in [2.45, 2.75) is 33.1 Å². The van der Waals surface area contributed by atoms with Crippen LogP contribution in [-0.4, -0.2) is 40.8 Å². The van der Waals surface area contributed by atoms with Crippen LogP contribution in [0.2, 0.25) is 5.15 Å². The van der Waals surface area contributed by atoms with E-state index in [0.29, 0.717) is 5.15 Å². The number of halogens is 1. The molecule has 2 heterocycles. The van der Waals surface area contributed by atoms with Crippen LogP contribution < -0.4 is 10.6 Å². The number of nitrogens with one attached hydrogen (secondary N) is 3. The lowest BCUT2D eigenvalue weighted by Gasteiger charge is -2.11. The summed E-state index contributed by atoms with van der Waals surface area (Å²) in [6.45, 7) is 6.53. The second-order valence-electron chi connectivity index (χ2n) is 5.55. The van der Waals surface area contributed by atoms with Gasteiger partial charge >= 0.3 is 0 Å². The van der Waals surface area contributed by atoms with Crippen LogP contribution in [0.3, 0.4) is 0 Å². The van der Waals surface area contributed by atoms with Gasteiger partial charge < -0.3 is 10.6 Å². The minimum atomic E-state index is 0.523. The molecule has 3 N–H and O–H groups in total. The molecule has 2 aromatic rings. The predicted octanol–water partition coefficient (Wildman–Crippen LogP) is 2.50. The van der Waals surface area contributed by atoms with E-state index in [1.165, 1.54) is 5.56 Å². The van der Waals surface area contributed by atoms with Crippen LogP contribution >= 0.6 is 11.6 Å². The zero-order valence-corrected chi connectivity index (χ0v) is 15.0. The number of hydrogen-bond donors (Lipinski definition) is 3. The first-order valence-electron chi connectivity index (χ1n) is 8.30. The average molecular weight is 349 g/mol. The number of hydrogen-bond acceptors (Lipinski definition) is 3. The third kappa shape index (κ3) is 6.20. The lowest BCUT2D eigenvalue weighted by atomic mass is 10.1. The van der Waals surface area contributed by atoms with Crippen molar-refractivity contribution in [3.8, 4) is 0 Å². The highest BCUT2D eigenvalue weighted by atomic mass is 35.5. The predicted molar refractivity (Wildman–Crippen MR) is 98.6 cm³/mol. The summed E-state index contributed by atoms with van der Waals surface area (Å²) in [6.07, 6.45) is 6.56. The van der Waals surface area contributed by atoms with Crippen molar-refractivity contribution in [2.75, 3.05) is 19.6 Å². The maximum atomic E-state index is 5.79. The van der Waals surface area contributed by atoms with Gasteiger partial charge in [0.1, 0.15) is 5.15 Å². The van der Waals surface area contributed by atoms with Crippen molar-refractivity contribution in [1.29, 1.82) is 0 Å². The Kier molecular flexibility index (Phi) is 7.55. The molecule has 0 aliphatic heterocycles. The van der Waals surface area contributed by atoms with Crippen LogP contribution in [0.1, 0.15) is 30.2 Å². The summed E-state index contributed by atoms with van der Waals surface area (Å²) in [6, 6.07) is 3.81. The van der Waals surface area contributed by atoms with Gasteiger partial charge in [0, 0.05) is 31.5 Å². The monoisotopic (exact) mass is 348 g/mol. The third-order valence-electron chi connectivity index (χ3n) is 3.65. The number of pyridine rings is 1. The molecule has 0 aliphatic carbocycles. The van der Waals surface area contributed by atoms with Gasteiger partial charge in [0.2, 0.25) is 0 Å². The zero-order valence-electron chi connectivity index (χ0n) is 14.3. The van der Waals surface area contributed by atoms with Crippen LogP contribution in [0.15, 0.2) is 29.5 Å². The number of aryl methyl sites for hydroxylation is 2. The van der Waals surface area contributed by atoms with Gasteiger partial charge in [-0.15, -0.1) is 0 Å². The fourth-order valence-electron chi connectivity index (χ4n) is 2.31. The Bertz CT molecular complexity index is 635. The summed E-state index contributed by atoms with van der Waals surface area (Å²) in [4.78, 5) is 8.70. The van der Waals surface area contributed by atoms with Gasteiger partial charge in [-0.25, -0.2) is 4.98 Å². The average Bonchev–Trinajstić information content (AvgIpc) is 2.98. The number of aromatic amines is 1. The first-order chi connectivity index (χ1) is 11.7. The maximum Gasteiger partial charge on any atom is 0.191 e. The second-order valence-corrected chi connectivity index (χ2v) is 5.94. The van der Waals surface area contributed by atoms with Crippen molar-refractivity contribution >= 4 is 17.6 Å². The minimum absolute atomic E-state index is 0.523. The molecule has 130 valence electrons. The number of aromatic nitrogens is 3. The molecule has 2 rings (SSSR count). The highest BCUT2D eigenvalue weighted by molar-refractivity contribution is 6.29. The minimum Gasteiger partial charge on any atom is -0.357 e. The molecule has 0 atom stereocenters. The molecule has 0 fully saturated rings. The summed E-state index contributed by atoms with van der Waals surface area (Å²) < 4.78 is 0. The van der Waals surface area contributed by atoms with Crippen molar-refractivity contribution in [2.24, 2.45) is 4.99 Å². The van der Waals surface area contributed by atoms with Crippen LogP contribution in [0.5, 0.6) is 0 Å². The third-order valence-corrected chi connectivity index (χ3v) is 3.87. The molecule has 2 aromatic heterocycles. The van der Waals surface area contributed by atoms with Gasteiger partial charge in [-0.05, 0) is 50.3 Å². The summed E-state index contributed by atoms with van der Waals surface area (Å²) in [7, 11) is 0. The number of nitrogens with zero attached hydrogens (tertiary/aromatic N) is 3. The van der Waals surface area contributed by atoms with Crippen molar-refractivity contribution in [3.63, 3.8) is 0 Å². The molecule has 6 nitrogen and oxygen atoms in total. The van der Waals surface area contributed by atoms with Crippen LogP contribution in [0, 0.1) is 6.92 Å². The lowest BCUT2D eigenvalue weighted by Crippen LogP contribution is -2.38. The number of rotatable bonds is 8. The van der Waals surface area contributed by atoms with E-state index in [4.69, 9.17) is 11.6 Å². The second kappa shape index (κ2) is 9.93. The topological polar surface area (TPSA) is 78.0 Å². The first-order valence-corrected chi connectivity index (χ1v) is 8.68. The van der Waals surface area contributed by atoms with Crippen LogP contribution in [0.4, 0.5) is 0 Å². The molecular weight excluding hydrogens is 324 g/mol. The largest absolute Gasteiger partial charge is 0.357 e. The molecule has 0 spiro atoms. The van der Waals surface area contributed by atoms with Gasteiger partial charge in [-0.2, -0.15) is 5.10 Å². The Morgan fingerprint density at radius 3 is 2.79 bits per heavy atom. The quantitative estimate of drug-likeness (QED) is 0.296. The zero-order chi connectivity index (χ0) is 17.2. The normalized spacial score (nSPS) is 11.5. The molecule has 24 heavy (non-hydrogen) atoms. The first kappa shape index (κ1) is 18.3. The Hall–Kier alpha value is -2.08. The Morgan fingerprint density at radius 1 is 1.25 bits per heavy atom. The summed E-state index contributed by atoms with van der Waals surface area (Å²) >= 11 is 5.79. The molecule has 0 saturated heterocycles. The van der Waals surface area contributed by atoms with Crippen molar-refractivity contribution in [1.82, 2.24) is 25.8 Å². The van der Waals surface area contributed by atoms with Crippen LogP contribution in [0.25, 0.3) is 0 Å². The van der Waals surface area contributed by atoms with E-state index < -0.39 is 0 Å². The van der Waals surface area contributed by atoms with E-state index in [2.05, 4.69) is 37.7 Å². The van der Waals surface area contributed by atoms with E-state index in [9.17, 15) is 0 Å². The fourth-order valence-corrected chi connectivity index (χ4v) is 2.42. The van der Waals surface area contributed by atoms with Crippen molar-refractivity contribution < 1.29 is 0 Å². The highest BCUT2D eigenvalue weighted by Crippen LogP contribution is 2.06. The SMILES string of the molecule is CCNC(=NCCCc1cn[nH]c1C)NCCc1ccc(Cl)nc1. The van der Waals surface area contributed by atoms with E-state index >= 15 is 0 Å². The van der Waals surface area contributed by atoms with Crippen molar-refractivity contribution in [3.05, 3.63) is 46.5 Å². The standard InChI is InChI=1S/C17H25ClN6/c1-3-19-17(20-9-4-5-15-12-23-24-13(15)2)21-10-8-14-6-7-16(18)22-11-14/h6-7,11-12H,3-5,8-10H2,1-2H3,(H,23,24)(H2,19,20,21). The van der Waals surface area contributed by atoms with Gasteiger partial charge in [-0.3, -0.25) is 10.1 Å². The number of guanidine groups is 1. The van der Waals surface area contributed by atoms with Gasteiger partial charge in [0.05, 0.1) is 6.20 Å². The molecule has 0 saturated carbocycles. The number of H-pyrrole nitrogens is 1. The molecule has 0 radical (unpaired) electrons. The molecule has 0 unspecified atom stereocenters. The molecule has 0 amide bonds. The summed E-state index contributed by atoms with van der Waals surface area (Å²) in [5.74, 6) is 0.850. The molecule has 0 aromatic carbocycles. The molecule has 0 bridgehead atoms. The lowest BCUT2D eigenvalue weighted by molar-refractivity contribution is 0.775. The fraction of sp³-hybridized carbons (Fsp3) is 0.471. The van der Waals surface area contributed by atoms with Gasteiger partial charge in [0.15, 0.2) is 5.96 Å². The summed E-state index contributed by atoms with van der Waals surface area (Å²) in [5.41, 5.74) is 3.55. The van der Waals surface area contributed by atoms with Gasteiger partial charge in [0.25, 0.3) is 0 Å². The van der Waals surface area contributed by atoms with Crippen LogP contribution in [-0.2, 0) is 12.8 Å². The van der Waals surface area contributed by atoms with E-state index in [0.717, 1.165) is 56.1 Å². The smallest absolute Gasteiger partial charge is 0.191 e. The Balaban J connectivity index is 1.73. The number of aliphatic imine (C=N–C) groups is 1. The van der Waals surface area contributed by atoms with E-state index in [-0.39, 0.29) is 0 Å². The molecule has 7 heteroatoms.